The van der Waals surface area contributed by atoms with Crippen molar-refractivity contribution < 1.29 is 14.3 Å². The van der Waals surface area contributed by atoms with Crippen LogP contribution in [0.25, 0.3) is 10.6 Å². The minimum atomic E-state index is -0.270. The summed E-state index contributed by atoms with van der Waals surface area (Å²) in [5.74, 6) is 0.932. The first-order chi connectivity index (χ1) is 11.0. The Kier molecular flexibility index (Phi) is 6.42. The summed E-state index contributed by atoms with van der Waals surface area (Å²) in [6, 6.07) is 5.58. The average Bonchev–Trinajstić information content (AvgIpc) is 2.93. The number of hydrogen-bond acceptors (Lipinski definition) is 5. The molecule has 4 nitrogen and oxygen atoms in total. The van der Waals surface area contributed by atoms with Gasteiger partial charge in [0.25, 0.3) is 0 Å². The molecule has 0 saturated heterocycles. The minimum Gasteiger partial charge on any atom is -0.493 e. The Balaban J connectivity index is 2.10. The summed E-state index contributed by atoms with van der Waals surface area (Å²) >= 11 is 7.80. The summed E-state index contributed by atoms with van der Waals surface area (Å²) in [6.07, 6.45) is 0.178. The van der Waals surface area contributed by atoms with E-state index in [4.69, 9.17) is 21.1 Å². The highest BCUT2D eigenvalue weighted by molar-refractivity contribution is 7.13. The van der Waals surface area contributed by atoms with Gasteiger partial charge in [-0.25, -0.2) is 4.98 Å². The summed E-state index contributed by atoms with van der Waals surface area (Å²) in [5.41, 5.74) is 1.53. The molecule has 0 bridgehead atoms. The number of carbonyl (C=O) groups excluding carboxylic acids is 1. The van der Waals surface area contributed by atoms with Crippen LogP contribution in [0.4, 0.5) is 0 Å². The number of hydrogen-bond donors (Lipinski definition) is 0. The van der Waals surface area contributed by atoms with Gasteiger partial charge in [0.15, 0.2) is 0 Å². The van der Waals surface area contributed by atoms with Crippen LogP contribution in [0.15, 0.2) is 23.6 Å². The highest BCUT2D eigenvalue weighted by Gasteiger charge is 2.12. The third-order valence-electron chi connectivity index (χ3n) is 2.94. The molecule has 0 saturated carbocycles. The van der Waals surface area contributed by atoms with Gasteiger partial charge in [-0.15, -0.1) is 11.3 Å². The van der Waals surface area contributed by atoms with Crippen molar-refractivity contribution in [1.29, 1.82) is 0 Å². The summed E-state index contributed by atoms with van der Waals surface area (Å²) in [4.78, 5) is 16.0. The predicted octanol–water partition coefficient (Wildman–Crippen LogP) is 4.60. The zero-order valence-electron chi connectivity index (χ0n) is 13.5. The molecule has 0 amide bonds. The van der Waals surface area contributed by atoms with E-state index in [0.29, 0.717) is 29.8 Å². The fraction of sp³-hybridized carbons (Fsp3) is 0.412. The Bertz CT molecular complexity index is 670. The second kappa shape index (κ2) is 8.31. The van der Waals surface area contributed by atoms with Gasteiger partial charge in [0, 0.05) is 10.9 Å². The fourth-order valence-electron chi connectivity index (χ4n) is 1.89. The molecule has 0 aliphatic heterocycles. The van der Waals surface area contributed by atoms with Crippen LogP contribution in [0.5, 0.6) is 5.75 Å². The maximum absolute atomic E-state index is 11.5. The van der Waals surface area contributed by atoms with Crippen LogP contribution in [0, 0.1) is 5.92 Å². The quantitative estimate of drug-likeness (QED) is 0.682. The van der Waals surface area contributed by atoms with Crippen molar-refractivity contribution in [2.24, 2.45) is 5.92 Å². The number of benzene rings is 1. The monoisotopic (exact) mass is 353 g/mol. The van der Waals surface area contributed by atoms with Crippen LogP contribution in [0.3, 0.4) is 0 Å². The lowest BCUT2D eigenvalue weighted by Crippen LogP contribution is -2.07. The van der Waals surface area contributed by atoms with E-state index in [9.17, 15) is 4.79 Å². The molecule has 0 fully saturated rings. The van der Waals surface area contributed by atoms with E-state index in [2.05, 4.69) is 18.8 Å². The first kappa shape index (κ1) is 17.8. The van der Waals surface area contributed by atoms with Crippen LogP contribution >= 0.6 is 22.9 Å². The predicted molar refractivity (Wildman–Crippen MR) is 93.2 cm³/mol. The third-order valence-corrected chi connectivity index (χ3v) is 4.17. The van der Waals surface area contributed by atoms with Gasteiger partial charge in [0.2, 0.25) is 0 Å². The lowest BCUT2D eigenvalue weighted by atomic mass is 10.2. The van der Waals surface area contributed by atoms with Gasteiger partial charge in [-0.05, 0) is 31.0 Å². The standard InChI is InChI=1S/C17H20ClNO3S/c1-4-21-16(20)7-12-10-23-17(19-12)14-6-5-13(8-15(14)18)22-9-11(2)3/h5-6,8,10-11H,4,7,9H2,1-3H3. The number of ether oxygens (including phenoxy) is 2. The molecule has 1 heterocycles. The van der Waals surface area contributed by atoms with Crippen molar-refractivity contribution in [2.45, 2.75) is 27.2 Å². The smallest absolute Gasteiger partial charge is 0.311 e. The van der Waals surface area contributed by atoms with Gasteiger partial charge >= 0.3 is 5.97 Å². The number of esters is 1. The minimum absolute atomic E-state index is 0.178. The molecule has 0 spiro atoms. The number of aromatic nitrogens is 1. The molecule has 0 aliphatic rings. The molecule has 0 atom stereocenters. The largest absolute Gasteiger partial charge is 0.493 e. The van der Waals surface area contributed by atoms with Gasteiger partial charge in [0.1, 0.15) is 10.8 Å². The fourth-order valence-corrected chi connectivity index (χ4v) is 3.07. The summed E-state index contributed by atoms with van der Waals surface area (Å²) < 4.78 is 10.6. The highest BCUT2D eigenvalue weighted by atomic mass is 35.5. The van der Waals surface area contributed by atoms with Gasteiger partial charge in [-0.2, -0.15) is 0 Å². The molecule has 0 radical (unpaired) electrons. The first-order valence-corrected chi connectivity index (χ1v) is 8.78. The second-order valence-corrected chi connectivity index (χ2v) is 6.74. The third kappa shape index (κ3) is 5.22. The molecule has 0 aliphatic carbocycles. The molecule has 0 unspecified atom stereocenters. The molecule has 1 aromatic carbocycles. The average molecular weight is 354 g/mol. The van der Waals surface area contributed by atoms with E-state index < -0.39 is 0 Å². The van der Waals surface area contributed by atoms with Crippen LogP contribution in [0.1, 0.15) is 26.5 Å². The second-order valence-electron chi connectivity index (χ2n) is 5.47. The summed E-state index contributed by atoms with van der Waals surface area (Å²) in [6.45, 7) is 7.00. The number of thiazole rings is 1. The maximum Gasteiger partial charge on any atom is 0.311 e. The Morgan fingerprint density at radius 2 is 2.17 bits per heavy atom. The van der Waals surface area contributed by atoms with Crippen molar-refractivity contribution >= 4 is 28.9 Å². The lowest BCUT2D eigenvalue weighted by Gasteiger charge is -2.10. The maximum atomic E-state index is 11.5. The summed E-state index contributed by atoms with van der Waals surface area (Å²) in [7, 11) is 0. The van der Waals surface area contributed by atoms with Crippen molar-refractivity contribution in [3.8, 4) is 16.3 Å². The first-order valence-electron chi connectivity index (χ1n) is 7.52. The molecule has 0 N–H and O–H groups in total. The molecular weight excluding hydrogens is 334 g/mol. The van der Waals surface area contributed by atoms with E-state index >= 15 is 0 Å². The van der Waals surface area contributed by atoms with E-state index in [-0.39, 0.29) is 12.4 Å². The molecule has 124 valence electrons. The molecule has 1 aromatic heterocycles. The van der Waals surface area contributed by atoms with Gasteiger partial charge < -0.3 is 9.47 Å². The zero-order chi connectivity index (χ0) is 16.8. The van der Waals surface area contributed by atoms with Gasteiger partial charge in [-0.3, -0.25) is 4.79 Å². The molecule has 2 rings (SSSR count). The van der Waals surface area contributed by atoms with Crippen molar-refractivity contribution in [3.05, 3.63) is 34.3 Å². The van der Waals surface area contributed by atoms with E-state index in [0.717, 1.165) is 16.3 Å². The zero-order valence-corrected chi connectivity index (χ0v) is 15.0. The molecular formula is C17H20ClNO3S. The molecule has 2 aromatic rings. The Labute approximate surface area is 145 Å². The Morgan fingerprint density at radius 3 is 2.83 bits per heavy atom. The van der Waals surface area contributed by atoms with Crippen molar-refractivity contribution in [3.63, 3.8) is 0 Å². The van der Waals surface area contributed by atoms with E-state index in [1.165, 1.54) is 11.3 Å². The number of nitrogens with zero attached hydrogens (tertiary/aromatic N) is 1. The van der Waals surface area contributed by atoms with Crippen LogP contribution in [-0.4, -0.2) is 24.2 Å². The van der Waals surface area contributed by atoms with E-state index in [1.54, 1.807) is 13.0 Å². The van der Waals surface area contributed by atoms with E-state index in [1.807, 2.05) is 17.5 Å². The molecule has 6 heteroatoms. The normalized spacial score (nSPS) is 10.8. The van der Waals surface area contributed by atoms with Gasteiger partial charge in [-0.1, -0.05) is 25.4 Å². The Morgan fingerprint density at radius 1 is 1.39 bits per heavy atom. The topological polar surface area (TPSA) is 48.4 Å². The highest BCUT2D eigenvalue weighted by Crippen LogP contribution is 2.33. The SMILES string of the molecule is CCOC(=O)Cc1csc(-c2ccc(OCC(C)C)cc2Cl)n1. The van der Waals surface area contributed by atoms with Crippen LogP contribution < -0.4 is 4.74 Å². The number of carbonyl (C=O) groups is 1. The molecule has 23 heavy (non-hydrogen) atoms. The summed E-state index contributed by atoms with van der Waals surface area (Å²) in [5, 5.41) is 3.22. The number of halogens is 1. The van der Waals surface area contributed by atoms with Crippen molar-refractivity contribution in [1.82, 2.24) is 4.98 Å². The van der Waals surface area contributed by atoms with Gasteiger partial charge in [0.05, 0.1) is 30.4 Å². The van der Waals surface area contributed by atoms with Crippen molar-refractivity contribution in [2.75, 3.05) is 13.2 Å². The van der Waals surface area contributed by atoms with Crippen LogP contribution in [-0.2, 0) is 16.0 Å². The Hall–Kier alpha value is -1.59. The lowest BCUT2D eigenvalue weighted by molar-refractivity contribution is -0.142. The number of rotatable bonds is 7. The van der Waals surface area contributed by atoms with Crippen LogP contribution in [0.2, 0.25) is 5.02 Å².